The number of amides is 1. The van der Waals surface area contributed by atoms with Crippen LogP contribution in [-0.2, 0) is 9.53 Å². The maximum atomic E-state index is 12.4. The molecular weight excluding hydrogens is 337 g/mol. The van der Waals surface area contributed by atoms with E-state index in [0.717, 1.165) is 45.7 Å². The van der Waals surface area contributed by atoms with Crippen molar-refractivity contribution in [3.05, 3.63) is 0 Å². The van der Waals surface area contributed by atoms with E-state index in [2.05, 4.69) is 29.4 Å². The SMILES string of the molecule is CCN[C@H](C)CNC(=O)CC1(N2CCOCC2)CCCC1.Cl.Cl. The van der Waals surface area contributed by atoms with Crippen molar-refractivity contribution in [3.8, 4) is 0 Å². The Morgan fingerprint density at radius 2 is 1.83 bits per heavy atom. The van der Waals surface area contributed by atoms with Crippen LogP contribution in [0.25, 0.3) is 0 Å². The highest BCUT2D eigenvalue weighted by Crippen LogP contribution is 2.38. The van der Waals surface area contributed by atoms with Crippen LogP contribution in [0, 0.1) is 0 Å². The van der Waals surface area contributed by atoms with E-state index in [9.17, 15) is 4.79 Å². The second-order valence-electron chi connectivity index (χ2n) is 6.47. The van der Waals surface area contributed by atoms with E-state index in [1.165, 1.54) is 12.8 Å². The van der Waals surface area contributed by atoms with Crippen LogP contribution in [-0.4, -0.2) is 61.8 Å². The topological polar surface area (TPSA) is 53.6 Å². The van der Waals surface area contributed by atoms with Crippen molar-refractivity contribution in [1.82, 2.24) is 15.5 Å². The Balaban J connectivity index is 0.00000242. The first-order chi connectivity index (χ1) is 10.2. The fraction of sp³-hybridized carbons (Fsp3) is 0.938. The van der Waals surface area contributed by atoms with E-state index in [0.29, 0.717) is 19.0 Å². The van der Waals surface area contributed by atoms with Gasteiger partial charge in [0.25, 0.3) is 0 Å². The van der Waals surface area contributed by atoms with Crippen LogP contribution in [0.5, 0.6) is 0 Å². The van der Waals surface area contributed by atoms with Crippen molar-refractivity contribution in [2.75, 3.05) is 39.4 Å². The number of halogens is 2. The Labute approximate surface area is 153 Å². The molecule has 1 aliphatic heterocycles. The maximum absolute atomic E-state index is 12.4. The van der Waals surface area contributed by atoms with Gasteiger partial charge in [0.05, 0.1) is 13.2 Å². The summed E-state index contributed by atoms with van der Waals surface area (Å²) in [6.07, 6.45) is 5.45. The molecule has 2 aliphatic rings. The molecule has 2 N–H and O–H groups in total. The minimum atomic E-state index is 0. The molecule has 7 heteroatoms. The smallest absolute Gasteiger partial charge is 0.221 e. The number of rotatable bonds is 7. The zero-order valence-electron chi connectivity index (χ0n) is 14.4. The monoisotopic (exact) mass is 369 g/mol. The van der Waals surface area contributed by atoms with E-state index in [-0.39, 0.29) is 36.3 Å². The van der Waals surface area contributed by atoms with Crippen molar-refractivity contribution in [3.63, 3.8) is 0 Å². The van der Waals surface area contributed by atoms with Crippen LogP contribution in [0.2, 0.25) is 0 Å². The second kappa shape index (κ2) is 11.5. The van der Waals surface area contributed by atoms with Gasteiger partial charge in [-0.25, -0.2) is 0 Å². The van der Waals surface area contributed by atoms with Gasteiger partial charge < -0.3 is 15.4 Å². The van der Waals surface area contributed by atoms with Crippen molar-refractivity contribution < 1.29 is 9.53 Å². The largest absolute Gasteiger partial charge is 0.379 e. The Kier molecular flexibility index (Phi) is 11.4. The fourth-order valence-electron chi connectivity index (χ4n) is 3.72. The van der Waals surface area contributed by atoms with Gasteiger partial charge >= 0.3 is 0 Å². The number of likely N-dealkylation sites (N-methyl/N-ethyl adjacent to an activating group) is 1. The van der Waals surface area contributed by atoms with Gasteiger partial charge in [0, 0.05) is 37.6 Å². The number of carbonyl (C=O) groups excluding carboxylic acids is 1. The highest BCUT2D eigenvalue weighted by molar-refractivity contribution is 5.85. The Morgan fingerprint density at radius 3 is 2.39 bits per heavy atom. The number of morpholine rings is 1. The predicted molar refractivity (Wildman–Crippen MR) is 98.9 cm³/mol. The molecule has 0 aromatic heterocycles. The summed E-state index contributed by atoms with van der Waals surface area (Å²) in [5.41, 5.74) is 0.0925. The molecule has 0 radical (unpaired) electrons. The highest BCUT2D eigenvalue weighted by atomic mass is 35.5. The average Bonchev–Trinajstić information content (AvgIpc) is 2.96. The van der Waals surface area contributed by atoms with E-state index in [1.807, 2.05) is 0 Å². The maximum Gasteiger partial charge on any atom is 0.221 e. The molecule has 1 saturated carbocycles. The highest BCUT2D eigenvalue weighted by Gasteiger charge is 2.41. The first-order valence-electron chi connectivity index (χ1n) is 8.49. The van der Waals surface area contributed by atoms with Gasteiger partial charge in [0.15, 0.2) is 0 Å². The molecule has 23 heavy (non-hydrogen) atoms. The lowest BCUT2D eigenvalue weighted by atomic mass is 9.90. The van der Waals surface area contributed by atoms with Crippen molar-refractivity contribution in [2.24, 2.45) is 0 Å². The molecule has 0 spiro atoms. The molecule has 1 atom stereocenters. The van der Waals surface area contributed by atoms with Gasteiger partial charge in [0.1, 0.15) is 0 Å². The number of hydrogen-bond donors (Lipinski definition) is 2. The molecule has 2 fully saturated rings. The molecule has 0 bridgehead atoms. The third-order valence-corrected chi connectivity index (χ3v) is 4.86. The summed E-state index contributed by atoms with van der Waals surface area (Å²) in [5.74, 6) is 0.202. The van der Waals surface area contributed by atoms with Crippen LogP contribution in [0.4, 0.5) is 0 Å². The standard InChI is InChI=1S/C16H31N3O2.2ClH/c1-3-17-14(2)13-18-15(20)12-16(6-4-5-7-16)19-8-10-21-11-9-19;;/h14,17H,3-13H2,1-2H3,(H,18,20);2*1H/t14-;;/m1../s1. The van der Waals surface area contributed by atoms with Gasteiger partial charge in [-0.15, -0.1) is 24.8 Å². The van der Waals surface area contributed by atoms with Crippen LogP contribution < -0.4 is 10.6 Å². The molecule has 138 valence electrons. The number of hydrogen-bond acceptors (Lipinski definition) is 4. The van der Waals surface area contributed by atoms with E-state index < -0.39 is 0 Å². The van der Waals surface area contributed by atoms with E-state index in [4.69, 9.17) is 4.74 Å². The Hall–Kier alpha value is -0.0700. The Bertz CT molecular complexity index is 333. The lowest BCUT2D eigenvalue weighted by Crippen LogP contribution is -2.54. The lowest BCUT2D eigenvalue weighted by Gasteiger charge is -2.43. The van der Waals surface area contributed by atoms with E-state index >= 15 is 0 Å². The molecule has 1 saturated heterocycles. The number of carbonyl (C=O) groups is 1. The molecule has 1 heterocycles. The van der Waals surface area contributed by atoms with Gasteiger partial charge in [-0.3, -0.25) is 9.69 Å². The normalized spacial score (nSPS) is 21.8. The van der Waals surface area contributed by atoms with Crippen molar-refractivity contribution in [2.45, 2.75) is 57.5 Å². The van der Waals surface area contributed by atoms with Crippen LogP contribution in [0.15, 0.2) is 0 Å². The first kappa shape index (κ1) is 22.9. The van der Waals surface area contributed by atoms with E-state index in [1.54, 1.807) is 0 Å². The van der Waals surface area contributed by atoms with Crippen LogP contribution in [0.1, 0.15) is 46.0 Å². The summed E-state index contributed by atoms with van der Waals surface area (Å²) in [6, 6.07) is 0.335. The molecule has 0 aromatic carbocycles. The van der Waals surface area contributed by atoms with Crippen molar-refractivity contribution >= 4 is 30.7 Å². The van der Waals surface area contributed by atoms with Gasteiger partial charge in [-0.2, -0.15) is 0 Å². The summed E-state index contributed by atoms with van der Waals surface area (Å²) >= 11 is 0. The van der Waals surface area contributed by atoms with Gasteiger partial charge in [0.2, 0.25) is 5.91 Å². The van der Waals surface area contributed by atoms with Crippen molar-refractivity contribution in [1.29, 1.82) is 0 Å². The first-order valence-corrected chi connectivity index (χ1v) is 8.49. The summed E-state index contributed by atoms with van der Waals surface area (Å²) in [7, 11) is 0. The zero-order valence-corrected chi connectivity index (χ0v) is 16.1. The minimum absolute atomic E-state index is 0. The fourth-order valence-corrected chi connectivity index (χ4v) is 3.72. The third kappa shape index (κ3) is 6.75. The number of nitrogens with zero attached hydrogens (tertiary/aromatic N) is 1. The number of nitrogens with one attached hydrogen (secondary N) is 2. The molecule has 0 aromatic rings. The third-order valence-electron chi connectivity index (χ3n) is 4.86. The molecular formula is C16H33Cl2N3O2. The predicted octanol–water partition coefficient (Wildman–Crippen LogP) is 1.98. The second-order valence-corrected chi connectivity index (χ2v) is 6.47. The van der Waals surface area contributed by atoms with Gasteiger partial charge in [-0.1, -0.05) is 19.8 Å². The quantitative estimate of drug-likeness (QED) is 0.720. The van der Waals surface area contributed by atoms with Gasteiger partial charge in [-0.05, 0) is 26.3 Å². The molecule has 0 unspecified atom stereocenters. The average molecular weight is 370 g/mol. The minimum Gasteiger partial charge on any atom is -0.379 e. The summed E-state index contributed by atoms with van der Waals surface area (Å²) in [6.45, 7) is 9.41. The summed E-state index contributed by atoms with van der Waals surface area (Å²) in [4.78, 5) is 14.9. The van der Waals surface area contributed by atoms with Crippen LogP contribution in [0.3, 0.4) is 0 Å². The summed E-state index contributed by atoms with van der Waals surface area (Å²) in [5, 5.41) is 6.42. The lowest BCUT2D eigenvalue weighted by molar-refractivity contribution is -0.125. The van der Waals surface area contributed by atoms with Crippen LogP contribution >= 0.6 is 24.8 Å². The summed E-state index contributed by atoms with van der Waals surface area (Å²) < 4.78 is 5.46. The molecule has 5 nitrogen and oxygen atoms in total. The molecule has 1 amide bonds. The molecule has 2 rings (SSSR count). The number of ether oxygens (including phenoxy) is 1. The zero-order chi connectivity index (χ0) is 15.1. The Morgan fingerprint density at radius 1 is 1.22 bits per heavy atom. The molecule has 1 aliphatic carbocycles.